The second-order valence-corrected chi connectivity index (χ2v) is 6.09. The predicted octanol–water partition coefficient (Wildman–Crippen LogP) is 3.60. The summed E-state index contributed by atoms with van der Waals surface area (Å²) in [7, 11) is 0. The molecule has 3 amide bonds. The summed E-state index contributed by atoms with van der Waals surface area (Å²) in [4.78, 5) is 23.6. The molecular weight excluding hydrogens is 334 g/mol. The number of benzene rings is 1. The molecule has 0 aliphatic rings. The Kier molecular flexibility index (Phi) is 7.70. The number of ether oxygens (including phenoxy) is 1. The largest absolute Gasteiger partial charge is 0.467 e. The molecule has 2 rings (SSSR count). The Morgan fingerprint density at radius 3 is 2.58 bits per heavy atom. The van der Waals surface area contributed by atoms with Crippen molar-refractivity contribution in [3.05, 3.63) is 48.4 Å². The molecule has 0 saturated carbocycles. The quantitative estimate of drug-likeness (QED) is 0.596. The number of hydrogen-bond acceptors (Lipinski definition) is 4. The molecule has 26 heavy (non-hydrogen) atoms. The first-order valence-electron chi connectivity index (χ1n) is 8.60. The van der Waals surface area contributed by atoms with E-state index in [1.165, 1.54) is 0 Å². The van der Waals surface area contributed by atoms with Crippen LogP contribution in [0.1, 0.15) is 26.0 Å². The van der Waals surface area contributed by atoms with Gasteiger partial charge in [0.15, 0.2) is 0 Å². The Hall–Kier alpha value is -2.80. The fourth-order valence-electron chi connectivity index (χ4n) is 2.08. The molecule has 0 spiro atoms. The topological polar surface area (TPSA) is 92.6 Å². The van der Waals surface area contributed by atoms with Crippen molar-refractivity contribution in [3.63, 3.8) is 0 Å². The third-order valence-corrected chi connectivity index (χ3v) is 3.49. The van der Waals surface area contributed by atoms with Crippen molar-refractivity contribution < 1.29 is 18.7 Å². The average molecular weight is 359 g/mol. The second-order valence-electron chi connectivity index (χ2n) is 6.09. The highest BCUT2D eigenvalue weighted by atomic mass is 16.5. The van der Waals surface area contributed by atoms with Crippen molar-refractivity contribution in [1.82, 2.24) is 5.32 Å². The van der Waals surface area contributed by atoms with E-state index in [2.05, 4.69) is 16.0 Å². The van der Waals surface area contributed by atoms with Crippen LogP contribution in [0, 0.1) is 5.92 Å². The molecule has 0 radical (unpaired) electrons. The Balaban J connectivity index is 1.65. The van der Waals surface area contributed by atoms with Crippen LogP contribution in [0.4, 0.5) is 16.2 Å². The number of urea groups is 1. The summed E-state index contributed by atoms with van der Waals surface area (Å²) in [5.74, 6) is 0.603. The van der Waals surface area contributed by atoms with E-state index in [9.17, 15) is 9.59 Å². The molecule has 0 saturated heterocycles. The van der Waals surface area contributed by atoms with Gasteiger partial charge in [0, 0.05) is 30.4 Å². The van der Waals surface area contributed by atoms with Crippen LogP contribution in [0.5, 0.6) is 0 Å². The van der Waals surface area contributed by atoms with E-state index < -0.39 is 0 Å². The number of amides is 3. The van der Waals surface area contributed by atoms with E-state index in [1.54, 1.807) is 30.5 Å². The maximum absolute atomic E-state index is 11.9. The smallest absolute Gasteiger partial charge is 0.319 e. The molecule has 140 valence electrons. The molecule has 0 aliphatic heterocycles. The van der Waals surface area contributed by atoms with E-state index in [0.717, 1.165) is 5.76 Å². The summed E-state index contributed by atoms with van der Waals surface area (Å²) in [6.45, 7) is 5.09. The third kappa shape index (κ3) is 6.98. The summed E-state index contributed by atoms with van der Waals surface area (Å²) in [6.07, 6.45) is 2.30. The number of rotatable bonds is 9. The molecule has 7 heteroatoms. The van der Waals surface area contributed by atoms with Gasteiger partial charge in [0.2, 0.25) is 5.91 Å². The Bertz CT molecular complexity index is 699. The van der Waals surface area contributed by atoms with Crippen LogP contribution in [-0.4, -0.2) is 25.1 Å². The number of nitrogens with one attached hydrogen (secondary N) is 3. The molecule has 0 unspecified atom stereocenters. The Morgan fingerprint density at radius 2 is 1.88 bits per heavy atom. The van der Waals surface area contributed by atoms with Gasteiger partial charge in [0.25, 0.3) is 0 Å². The highest BCUT2D eigenvalue weighted by Gasteiger charge is 2.08. The van der Waals surface area contributed by atoms with Crippen LogP contribution in [-0.2, 0) is 16.1 Å². The minimum absolute atomic E-state index is 0.0684. The lowest BCUT2D eigenvalue weighted by molar-refractivity contribution is -0.118. The highest BCUT2D eigenvalue weighted by molar-refractivity contribution is 5.94. The molecule has 0 atom stereocenters. The number of hydrogen-bond donors (Lipinski definition) is 3. The first kappa shape index (κ1) is 19.5. The lowest BCUT2D eigenvalue weighted by Gasteiger charge is -2.11. The molecule has 1 heterocycles. The molecule has 2 aromatic rings. The zero-order valence-electron chi connectivity index (χ0n) is 15.1. The van der Waals surface area contributed by atoms with E-state index in [-0.39, 0.29) is 17.9 Å². The number of furan rings is 1. The fraction of sp³-hybridized carbons (Fsp3) is 0.368. The van der Waals surface area contributed by atoms with Gasteiger partial charge in [-0.25, -0.2) is 4.79 Å². The van der Waals surface area contributed by atoms with Crippen molar-refractivity contribution >= 4 is 23.3 Å². The molecule has 1 aromatic heterocycles. The molecule has 0 aliphatic carbocycles. The molecular formula is C19H25N3O4. The van der Waals surface area contributed by atoms with Gasteiger partial charge in [-0.15, -0.1) is 0 Å². The summed E-state index contributed by atoms with van der Waals surface area (Å²) in [5.41, 5.74) is 1.26. The first-order chi connectivity index (χ1) is 12.5. The van der Waals surface area contributed by atoms with Crippen LogP contribution in [0.2, 0.25) is 0 Å². The molecule has 0 bridgehead atoms. The lowest BCUT2D eigenvalue weighted by atomic mass is 10.2. The van der Waals surface area contributed by atoms with Gasteiger partial charge in [-0.05, 0) is 36.8 Å². The molecule has 7 nitrogen and oxygen atoms in total. The third-order valence-electron chi connectivity index (χ3n) is 3.49. The maximum atomic E-state index is 11.9. The molecule has 0 fully saturated rings. The minimum atomic E-state index is -0.302. The highest BCUT2D eigenvalue weighted by Crippen LogP contribution is 2.15. The molecule has 3 N–H and O–H groups in total. The summed E-state index contributed by atoms with van der Waals surface area (Å²) < 4.78 is 10.6. The van der Waals surface area contributed by atoms with Gasteiger partial charge < -0.3 is 25.1 Å². The Morgan fingerprint density at radius 1 is 1.12 bits per heavy atom. The first-order valence-corrected chi connectivity index (χ1v) is 8.60. The summed E-state index contributed by atoms with van der Waals surface area (Å²) in [5, 5.41) is 8.30. The van der Waals surface area contributed by atoms with Crippen molar-refractivity contribution in [1.29, 1.82) is 0 Å². The van der Waals surface area contributed by atoms with Crippen molar-refractivity contribution in [2.45, 2.75) is 26.9 Å². The van der Waals surface area contributed by atoms with Gasteiger partial charge in [0.05, 0.1) is 6.26 Å². The van der Waals surface area contributed by atoms with Crippen LogP contribution < -0.4 is 16.0 Å². The minimum Gasteiger partial charge on any atom is -0.467 e. The fourth-order valence-corrected chi connectivity index (χ4v) is 2.08. The van der Waals surface area contributed by atoms with Gasteiger partial charge in [-0.1, -0.05) is 19.9 Å². The summed E-state index contributed by atoms with van der Waals surface area (Å²) >= 11 is 0. The van der Waals surface area contributed by atoms with Crippen LogP contribution in [0.15, 0.2) is 47.1 Å². The Labute approximate surface area is 153 Å². The van der Waals surface area contributed by atoms with Gasteiger partial charge in [-0.2, -0.15) is 0 Å². The SMILES string of the molecule is CC(C)C(=O)Nc1cccc(NC(=O)NCCCOCc2ccco2)c1. The van der Waals surface area contributed by atoms with E-state index in [4.69, 9.17) is 9.15 Å². The van der Waals surface area contributed by atoms with E-state index >= 15 is 0 Å². The van der Waals surface area contributed by atoms with Crippen LogP contribution >= 0.6 is 0 Å². The van der Waals surface area contributed by atoms with E-state index in [1.807, 2.05) is 26.0 Å². The van der Waals surface area contributed by atoms with Crippen LogP contribution in [0.25, 0.3) is 0 Å². The van der Waals surface area contributed by atoms with Gasteiger partial charge in [-0.3, -0.25) is 4.79 Å². The zero-order valence-corrected chi connectivity index (χ0v) is 15.1. The van der Waals surface area contributed by atoms with E-state index in [0.29, 0.717) is 37.6 Å². The van der Waals surface area contributed by atoms with Crippen molar-refractivity contribution in [2.75, 3.05) is 23.8 Å². The number of anilines is 2. The predicted molar refractivity (Wildman–Crippen MR) is 99.9 cm³/mol. The second kappa shape index (κ2) is 10.2. The van der Waals surface area contributed by atoms with Gasteiger partial charge in [0.1, 0.15) is 12.4 Å². The van der Waals surface area contributed by atoms with Crippen LogP contribution in [0.3, 0.4) is 0 Å². The standard InChI is InChI=1S/C19H25N3O4/c1-14(2)18(23)21-15-6-3-7-16(12-15)22-19(24)20-9-5-10-25-13-17-8-4-11-26-17/h3-4,6-8,11-12,14H,5,9-10,13H2,1-2H3,(H,21,23)(H2,20,22,24). The lowest BCUT2D eigenvalue weighted by Crippen LogP contribution is -2.30. The van der Waals surface area contributed by atoms with Crippen molar-refractivity contribution in [2.24, 2.45) is 5.92 Å². The number of carbonyl (C=O) groups excluding carboxylic acids is 2. The zero-order chi connectivity index (χ0) is 18.8. The molecule has 1 aromatic carbocycles. The maximum Gasteiger partial charge on any atom is 0.319 e. The average Bonchev–Trinajstić information content (AvgIpc) is 3.11. The number of carbonyl (C=O) groups is 2. The summed E-state index contributed by atoms with van der Waals surface area (Å²) in [6, 6.07) is 10.4. The van der Waals surface area contributed by atoms with Gasteiger partial charge >= 0.3 is 6.03 Å². The normalized spacial score (nSPS) is 10.6. The monoisotopic (exact) mass is 359 g/mol. The van der Waals surface area contributed by atoms with Crippen molar-refractivity contribution in [3.8, 4) is 0 Å².